The normalized spacial score (nSPS) is 29.9. The van der Waals surface area contributed by atoms with Gasteiger partial charge in [-0.05, 0) is 54.8 Å². The van der Waals surface area contributed by atoms with Crippen LogP contribution in [0.3, 0.4) is 0 Å². The number of ether oxygens (including phenoxy) is 7. The molecule has 1 saturated heterocycles. The molecule has 3 N–H and O–H groups in total. The van der Waals surface area contributed by atoms with Gasteiger partial charge in [-0.3, -0.25) is 19.2 Å². The lowest BCUT2D eigenvalue weighted by Gasteiger charge is -2.67. The van der Waals surface area contributed by atoms with Crippen molar-refractivity contribution in [3.63, 3.8) is 0 Å². The molecule has 17 nitrogen and oxygen atoms in total. The largest absolute Gasteiger partial charge is 0.508 e. The molecule has 3 fully saturated rings. The third-order valence-electron chi connectivity index (χ3n) is 14.0. The summed E-state index contributed by atoms with van der Waals surface area (Å²) in [7, 11) is 0. The Morgan fingerprint density at radius 2 is 1.46 bits per heavy atom. The van der Waals surface area contributed by atoms with Gasteiger partial charge in [0.05, 0.1) is 29.5 Å². The van der Waals surface area contributed by atoms with Crippen LogP contribution in [0.1, 0.15) is 86.7 Å². The van der Waals surface area contributed by atoms with Gasteiger partial charge in [-0.25, -0.2) is 14.4 Å². The van der Waals surface area contributed by atoms with Gasteiger partial charge in [-0.15, -0.1) is 0 Å². The van der Waals surface area contributed by atoms with Crippen molar-refractivity contribution in [2.24, 2.45) is 16.7 Å². The van der Waals surface area contributed by atoms with Crippen molar-refractivity contribution in [1.82, 2.24) is 5.32 Å². The molecule has 0 spiro atoms. The van der Waals surface area contributed by atoms with E-state index in [0.29, 0.717) is 5.56 Å². The summed E-state index contributed by atoms with van der Waals surface area (Å²) in [5, 5.41) is 28.5. The van der Waals surface area contributed by atoms with Gasteiger partial charge in [0, 0.05) is 37.7 Å². The smallest absolute Gasteiger partial charge is 0.456 e. The number of nitrogens with one attached hydrogen (secondary N) is 1. The molecule has 3 aromatic carbocycles. The number of carbonyl (C=O) groups excluding carboxylic acids is 7. The van der Waals surface area contributed by atoms with Crippen LogP contribution in [-0.4, -0.2) is 113 Å². The molecule has 1 heterocycles. The summed E-state index contributed by atoms with van der Waals surface area (Å²) in [4.78, 5) is 98.3. The Morgan fingerprint density at radius 1 is 0.853 bits per heavy atom. The molecule has 4 aliphatic rings. The highest BCUT2D eigenvalue weighted by molar-refractivity contribution is 5.96. The van der Waals surface area contributed by atoms with Crippen LogP contribution >= 0.6 is 0 Å². The zero-order chi connectivity index (χ0) is 49.3. The molecule has 7 rings (SSSR count). The predicted molar refractivity (Wildman–Crippen MR) is 238 cm³/mol. The first kappa shape index (κ1) is 49.2. The second-order valence-corrected chi connectivity index (χ2v) is 18.3. The van der Waals surface area contributed by atoms with Crippen LogP contribution in [0.5, 0.6) is 0 Å². The van der Waals surface area contributed by atoms with Gasteiger partial charge in [0.1, 0.15) is 36.6 Å². The predicted octanol–water partition coefficient (Wildman–Crippen LogP) is 5.08. The van der Waals surface area contributed by atoms with Gasteiger partial charge in [-0.2, -0.15) is 0 Å². The minimum Gasteiger partial charge on any atom is -0.456 e. The fraction of sp³-hybridized carbons (Fsp3) is 0.431. The standard InChI is InChI=1S/C51H55NO16/c1-8-24-62-47(60)66-35-25-36-50(27-63-36,68-30(4)54)41-43(67-45(58)33-22-16-11-17-23-33)51(61)26-34(28(2)37(48(51,5)6)40(64-29(3)53)42(56)49(35,41)7)65-46(59)39(55)38(31-18-12-9-13-19-31)52-44(57)32-20-14-10-15-21-32/h8-23,34-36,38-41,43,55,61H,1,24-27H2,2-7H3,(H,52,57)/t34-,35-,36+,38-,39+,40+,41?,43-,49+,50-,51+/m0/s1. The third-order valence-corrected chi connectivity index (χ3v) is 14.0. The van der Waals surface area contributed by atoms with Gasteiger partial charge in [0.25, 0.3) is 5.91 Å². The minimum atomic E-state index is -2.48. The Bertz CT molecular complexity index is 2490. The fourth-order valence-corrected chi connectivity index (χ4v) is 10.6. The second-order valence-electron chi connectivity index (χ2n) is 18.3. The summed E-state index contributed by atoms with van der Waals surface area (Å²) in [5.74, 6) is -7.21. The van der Waals surface area contributed by atoms with Crippen LogP contribution in [0.25, 0.3) is 0 Å². The van der Waals surface area contributed by atoms with E-state index in [0.717, 1.165) is 13.8 Å². The van der Waals surface area contributed by atoms with Crippen molar-refractivity contribution in [3.05, 3.63) is 131 Å². The average molecular weight is 938 g/mol. The maximum Gasteiger partial charge on any atom is 0.508 e. The second kappa shape index (κ2) is 19.1. The molecule has 0 radical (unpaired) electrons. The summed E-state index contributed by atoms with van der Waals surface area (Å²) in [6, 6.07) is 22.7. The van der Waals surface area contributed by atoms with E-state index in [1.54, 1.807) is 78.9 Å². The van der Waals surface area contributed by atoms with Crippen molar-refractivity contribution in [3.8, 4) is 0 Å². The molecule has 1 aliphatic heterocycles. The highest BCUT2D eigenvalue weighted by Crippen LogP contribution is 2.65. The van der Waals surface area contributed by atoms with Gasteiger partial charge in [0.15, 0.2) is 23.6 Å². The van der Waals surface area contributed by atoms with E-state index >= 15 is 4.79 Å². The zero-order valence-corrected chi connectivity index (χ0v) is 38.5. The molecular weight excluding hydrogens is 883 g/mol. The van der Waals surface area contributed by atoms with Crippen LogP contribution in [0.4, 0.5) is 4.79 Å². The molecule has 1 amide bonds. The van der Waals surface area contributed by atoms with E-state index in [2.05, 4.69) is 11.9 Å². The van der Waals surface area contributed by atoms with E-state index in [4.69, 9.17) is 33.2 Å². The summed E-state index contributed by atoms with van der Waals surface area (Å²) in [6.07, 6.45) is -10.9. The molecule has 1 unspecified atom stereocenters. The van der Waals surface area contributed by atoms with Crippen LogP contribution in [0.2, 0.25) is 0 Å². The topological polar surface area (TPSA) is 237 Å². The lowest BCUT2D eigenvalue weighted by Crippen LogP contribution is -2.82. The maximum absolute atomic E-state index is 16.0. The molecule has 2 bridgehead atoms. The first-order valence-electron chi connectivity index (χ1n) is 22.2. The lowest BCUT2D eigenvalue weighted by molar-refractivity contribution is -0.346. The summed E-state index contributed by atoms with van der Waals surface area (Å²) < 4.78 is 41.8. The number of hydrogen-bond donors (Lipinski definition) is 3. The van der Waals surface area contributed by atoms with E-state index in [-0.39, 0.29) is 41.9 Å². The van der Waals surface area contributed by atoms with Gasteiger partial charge in [-0.1, -0.05) is 93.2 Å². The van der Waals surface area contributed by atoms with E-state index in [1.165, 1.54) is 45.9 Å². The zero-order valence-electron chi connectivity index (χ0n) is 38.5. The molecule has 360 valence electrons. The Morgan fingerprint density at radius 3 is 2.01 bits per heavy atom. The third kappa shape index (κ3) is 8.69. The summed E-state index contributed by atoms with van der Waals surface area (Å²) >= 11 is 0. The van der Waals surface area contributed by atoms with E-state index in [1.807, 2.05) is 0 Å². The number of hydrogen-bond acceptors (Lipinski definition) is 16. The van der Waals surface area contributed by atoms with Crippen LogP contribution < -0.4 is 5.32 Å². The van der Waals surface area contributed by atoms with Crippen LogP contribution in [0, 0.1) is 16.7 Å². The Kier molecular flexibility index (Phi) is 13.8. The number of fused-ring (bicyclic) bond motifs is 5. The molecule has 17 heteroatoms. The first-order valence-corrected chi connectivity index (χ1v) is 22.2. The Balaban J connectivity index is 1.42. The first-order chi connectivity index (χ1) is 32.2. The maximum atomic E-state index is 16.0. The molecule has 11 atom stereocenters. The quantitative estimate of drug-likeness (QED) is 0.115. The van der Waals surface area contributed by atoms with Gasteiger partial charge < -0.3 is 48.7 Å². The van der Waals surface area contributed by atoms with Crippen molar-refractivity contribution in [1.29, 1.82) is 0 Å². The lowest BCUT2D eigenvalue weighted by atomic mass is 9.44. The average Bonchev–Trinajstić information content (AvgIpc) is 3.30. The fourth-order valence-electron chi connectivity index (χ4n) is 10.6. The number of carbonyl (C=O) groups is 7. The summed E-state index contributed by atoms with van der Waals surface area (Å²) in [5.41, 5.74) is -7.59. The molecule has 3 aliphatic carbocycles. The number of aliphatic hydroxyl groups is 2. The number of ketones is 1. The summed E-state index contributed by atoms with van der Waals surface area (Å²) in [6.45, 7) is 11.1. The molecule has 2 saturated carbocycles. The monoisotopic (exact) mass is 937 g/mol. The highest BCUT2D eigenvalue weighted by Gasteiger charge is 2.79. The molecular formula is C51H55NO16. The Hall–Kier alpha value is -6.69. The van der Waals surface area contributed by atoms with Crippen molar-refractivity contribution < 1.29 is 76.9 Å². The van der Waals surface area contributed by atoms with Crippen LogP contribution in [-0.2, 0) is 52.3 Å². The van der Waals surface area contributed by atoms with Gasteiger partial charge >= 0.3 is 30.0 Å². The van der Waals surface area contributed by atoms with E-state index in [9.17, 15) is 39.0 Å². The minimum absolute atomic E-state index is 0.0275. The number of Topliss-reactive ketones (excluding diaryl/α,β-unsaturated/α-hetero) is 1. The number of rotatable bonds is 13. The SMILES string of the molecule is C=CCOC(=O)O[C@H]1C[C@H]2OC[C@@]2(OC(C)=O)C2[C@H](OC(=O)c3ccccc3)[C@]3(O)C[C@H](OC(=O)[C@H](O)[C@@H](NC(=O)c4ccccc4)c4ccccc4)C(C)=C([C@@H](OC(C)=O)C(=O)[C@@]21C)C3(C)C. The number of benzene rings is 3. The number of aliphatic hydroxyl groups excluding tert-OH is 1. The van der Waals surface area contributed by atoms with Crippen LogP contribution in [0.15, 0.2) is 115 Å². The van der Waals surface area contributed by atoms with Crippen molar-refractivity contribution in [2.75, 3.05) is 13.2 Å². The Labute approximate surface area is 392 Å². The molecule has 0 aromatic heterocycles. The molecule has 68 heavy (non-hydrogen) atoms. The van der Waals surface area contributed by atoms with E-state index < -0.39 is 119 Å². The molecule has 3 aromatic rings. The highest BCUT2D eigenvalue weighted by atomic mass is 16.7. The number of esters is 4. The van der Waals surface area contributed by atoms with Crippen molar-refractivity contribution in [2.45, 2.75) is 108 Å². The van der Waals surface area contributed by atoms with Crippen molar-refractivity contribution >= 4 is 41.7 Å². The van der Waals surface area contributed by atoms with Gasteiger partial charge in [0.2, 0.25) is 0 Å². The number of amides is 1.